The molecule has 16 heavy (non-hydrogen) atoms. The fourth-order valence-corrected chi connectivity index (χ4v) is 1.93. The Hall–Kier alpha value is -0.900. The Bertz CT molecular complexity index is 321. The van der Waals surface area contributed by atoms with Crippen molar-refractivity contribution in [2.75, 3.05) is 13.2 Å². The van der Waals surface area contributed by atoms with Crippen LogP contribution in [0.15, 0.2) is 30.3 Å². The lowest BCUT2D eigenvalue weighted by Gasteiger charge is -2.38. The van der Waals surface area contributed by atoms with Crippen LogP contribution in [0.25, 0.3) is 0 Å². The van der Waals surface area contributed by atoms with Gasteiger partial charge in [-0.25, -0.2) is 0 Å². The molecule has 88 valence electrons. The van der Waals surface area contributed by atoms with Gasteiger partial charge < -0.3 is 14.6 Å². The molecule has 3 heteroatoms. The van der Waals surface area contributed by atoms with Gasteiger partial charge >= 0.3 is 0 Å². The summed E-state index contributed by atoms with van der Waals surface area (Å²) in [7, 11) is 0. The fourth-order valence-electron chi connectivity index (χ4n) is 1.93. The first kappa shape index (κ1) is 11.6. The highest BCUT2D eigenvalue weighted by atomic mass is 16.7. The molecule has 0 bridgehead atoms. The van der Waals surface area contributed by atoms with Gasteiger partial charge in [0.2, 0.25) is 0 Å². The van der Waals surface area contributed by atoms with E-state index in [1.165, 1.54) is 0 Å². The Morgan fingerprint density at radius 2 is 2.12 bits per heavy atom. The van der Waals surface area contributed by atoms with Crippen LogP contribution in [0.2, 0.25) is 0 Å². The second-order valence-electron chi connectivity index (χ2n) is 4.40. The monoisotopic (exact) mass is 222 g/mol. The fraction of sp³-hybridized carbons (Fsp3) is 0.538. The summed E-state index contributed by atoms with van der Waals surface area (Å²) in [5, 5.41) is 9.02. The zero-order chi connectivity index (χ0) is 11.4. The number of aliphatic hydroxyl groups excluding tert-OH is 1. The first-order valence-corrected chi connectivity index (χ1v) is 5.69. The minimum absolute atomic E-state index is 0.151. The van der Waals surface area contributed by atoms with Crippen LogP contribution in [0, 0.1) is 0 Å². The molecular formula is C13H18O3. The van der Waals surface area contributed by atoms with Gasteiger partial charge in [-0.15, -0.1) is 0 Å². The van der Waals surface area contributed by atoms with Crippen molar-refractivity contribution in [3.05, 3.63) is 35.9 Å². The molecule has 0 saturated carbocycles. The lowest BCUT2D eigenvalue weighted by atomic mass is 9.97. The molecule has 1 heterocycles. The standard InChI is InChI=1S/C13H18O3/c1-13(7-9-14)8-10-15-12(16-13)11-5-3-2-4-6-11/h2-6,12,14H,7-10H2,1H3. The Kier molecular flexibility index (Phi) is 3.59. The summed E-state index contributed by atoms with van der Waals surface area (Å²) in [6, 6.07) is 9.91. The van der Waals surface area contributed by atoms with Crippen LogP contribution < -0.4 is 0 Å². The van der Waals surface area contributed by atoms with E-state index >= 15 is 0 Å². The van der Waals surface area contributed by atoms with Crippen LogP contribution in [0.1, 0.15) is 31.6 Å². The second kappa shape index (κ2) is 4.95. The smallest absolute Gasteiger partial charge is 0.184 e. The lowest BCUT2D eigenvalue weighted by Crippen LogP contribution is -2.38. The molecular weight excluding hydrogens is 204 g/mol. The molecule has 0 aromatic heterocycles. The van der Waals surface area contributed by atoms with Crippen molar-refractivity contribution in [3.63, 3.8) is 0 Å². The zero-order valence-corrected chi connectivity index (χ0v) is 9.56. The first-order chi connectivity index (χ1) is 7.73. The van der Waals surface area contributed by atoms with Crippen molar-refractivity contribution >= 4 is 0 Å². The van der Waals surface area contributed by atoms with Crippen molar-refractivity contribution < 1.29 is 14.6 Å². The van der Waals surface area contributed by atoms with Crippen molar-refractivity contribution in [1.29, 1.82) is 0 Å². The Morgan fingerprint density at radius 1 is 1.38 bits per heavy atom. The Labute approximate surface area is 96.0 Å². The van der Waals surface area contributed by atoms with E-state index < -0.39 is 0 Å². The molecule has 1 aliphatic heterocycles. The maximum absolute atomic E-state index is 9.02. The van der Waals surface area contributed by atoms with Crippen molar-refractivity contribution in [2.45, 2.75) is 31.7 Å². The largest absolute Gasteiger partial charge is 0.396 e. The number of ether oxygens (including phenoxy) is 2. The third-order valence-corrected chi connectivity index (χ3v) is 3.00. The van der Waals surface area contributed by atoms with E-state index in [9.17, 15) is 0 Å². The van der Waals surface area contributed by atoms with Gasteiger partial charge in [0, 0.05) is 12.2 Å². The molecule has 1 aromatic carbocycles. The third-order valence-electron chi connectivity index (χ3n) is 3.00. The molecule has 1 aromatic rings. The van der Waals surface area contributed by atoms with Gasteiger partial charge in [-0.05, 0) is 19.8 Å². The first-order valence-electron chi connectivity index (χ1n) is 5.69. The molecule has 3 nitrogen and oxygen atoms in total. The summed E-state index contributed by atoms with van der Waals surface area (Å²) in [4.78, 5) is 0. The molecule has 0 aliphatic carbocycles. The van der Waals surface area contributed by atoms with Gasteiger partial charge in [0.1, 0.15) is 0 Å². The predicted molar refractivity (Wildman–Crippen MR) is 60.9 cm³/mol. The molecule has 0 spiro atoms. The van der Waals surface area contributed by atoms with Gasteiger partial charge in [-0.2, -0.15) is 0 Å². The minimum atomic E-state index is -0.300. The van der Waals surface area contributed by atoms with Gasteiger partial charge in [0.25, 0.3) is 0 Å². The molecule has 1 N–H and O–H groups in total. The number of benzene rings is 1. The van der Waals surface area contributed by atoms with Crippen molar-refractivity contribution in [1.82, 2.24) is 0 Å². The maximum Gasteiger partial charge on any atom is 0.184 e. The van der Waals surface area contributed by atoms with E-state index in [1.807, 2.05) is 37.3 Å². The molecule has 2 unspecified atom stereocenters. The molecule has 1 aliphatic rings. The van der Waals surface area contributed by atoms with Gasteiger partial charge in [-0.1, -0.05) is 30.3 Å². The van der Waals surface area contributed by atoms with Crippen LogP contribution in [0.3, 0.4) is 0 Å². The third kappa shape index (κ3) is 2.61. The molecule has 1 fully saturated rings. The van der Waals surface area contributed by atoms with Crippen molar-refractivity contribution in [3.8, 4) is 0 Å². The summed E-state index contributed by atoms with van der Waals surface area (Å²) < 4.78 is 11.5. The zero-order valence-electron chi connectivity index (χ0n) is 9.56. The number of rotatable bonds is 3. The molecule has 2 rings (SSSR count). The highest BCUT2D eigenvalue weighted by molar-refractivity contribution is 5.16. The van der Waals surface area contributed by atoms with E-state index in [2.05, 4.69) is 0 Å². The van der Waals surface area contributed by atoms with E-state index in [1.54, 1.807) is 0 Å². The Balaban J connectivity index is 2.07. The topological polar surface area (TPSA) is 38.7 Å². The van der Waals surface area contributed by atoms with E-state index in [0.717, 1.165) is 12.0 Å². The van der Waals surface area contributed by atoms with Gasteiger partial charge in [-0.3, -0.25) is 0 Å². The quantitative estimate of drug-likeness (QED) is 0.852. The normalized spacial score (nSPS) is 30.2. The van der Waals surface area contributed by atoms with Crippen LogP contribution in [0.5, 0.6) is 0 Å². The van der Waals surface area contributed by atoms with E-state index in [4.69, 9.17) is 14.6 Å². The summed E-state index contributed by atoms with van der Waals surface area (Å²) in [5.74, 6) is 0. The molecule has 0 amide bonds. The molecule has 2 atom stereocenters. The second-order valence-corrected chi connectivity index (χ2v) is 4.40. The minimum Gasteiger partial charge on any atom is -0.396 e. The van der Waals surface area contributed by atoms with E-state index in [-0.39, 0.29) is 18.5 Å². The summed E-state index contributed by atoms with van der Waals surface area (Å²) in [5.41, 5.74) is 0.763. The summed E-state index contributed by atoms with van der Waals surface area (Å²) in [6.07, 6.45) is 1.18. The SMILES string of the molecule is CC1(CCO)CCOC(c2ccccc2)O1. The van der Waals surface area contributed by atoms with E-state index in [0.29, 0.717) is 13.0 Å². The number of hydrogen-bond acceptors (Lipinski definition) is 3. The lowest BCUT2D eigenvalue weighted by molar-refractivity contribution is -0.259. The van der Waals surface area contributed by atoms with Gasteiger partial charge in [0.05, 0.1) is 12.2 Å². The summed E-state index contributed by atoms with van der Waals surface area (Å²) in [6.45, 7) is 2.86. The molecule has 1 saturated heterocycles. The average Bonchev–Trinajstić information content (AvgIpc) is 2.30. The Morgan fingerprint density at radius 3 is 2.81 bits per heavy atom. The van der Waals surface area contributed by atoms with Crippen LogP contribution in [-0.2, 0) is 9.47 Å². The number of hydrogen-bond donors (Lipinski definition) is 1. The maximum atomic E-state index is 9.02. The predicted octanol–water partition coefficient (Wildman–Crippen LogP) is 2.26. The molecule has 0 radical (unpaired) electrons. The van der Waals surface area contributed by atoms with Gasteiger partial charge in [0.15, 0.2) is 6.29 Å². The van der Waals surface area contributed by atoms with Crippen molar-refractivity contribution in [2.24, 2.45) is 0 Å². The summed E-state index contributed by atoms with van der Waals surface area (Å²) >= 11 is 0. The van der Waals surface area contributed by atoms with Crippen LogP contribution in [-0.4, -0.2) is 23.9 Å². The highest BCUT2D eigenvalue weighted by Crippen LogP contribution is 2.34. The van der Waals surface area contributed by atoms with Crippen LogP contribution >= 0.6 is 0 Å². The van der Waals surface area contributed by atoms with Crippen LogP contribution in [0.4, 0.5) is 0 Å². The number of aliphatic hydroxyl groups is 1. The average molecular weight is 222 g/mol. The highest BCUT2D eigenvalue weighted by Gasteiger charge is 2.33.